The van der Waals surface area contributed by atoms with Gasteiger partial charge in [0.1, 0.15) is 11.9 Å². The van der Waals surface area contributed by atoms with Gasteiger partial charge in [-0.05, 0) is 49.2 Å². The van der Waals surface area contributed by atoms with Crippen LogP contribution >= 0.6 is 11.6 Å². The van der Waals surface area contributed by atoms with E-state index < -0.39 is 0 Å². The van der Waals surface area contributed by atoms with Crippen molar-refractivity contribution < 1.29 is 14.3 Å². The Morgan fingerprint density at radius 2 is 2.04 bits per heavy atom. The van der Waals surface area contributed by atoms with Crippen molar-refractivity contribution >= 4 is 17.5 Å². The van der Waals surface area contributed by atoms with Gasteiger partial charge in [-0.1, -0.05) is 18.2 Å². The smallest absolute Gasteiger partial charge is 0.243 e. The van der Waals surface area contributed by atoms with E-state index in [1.165, 1.54) is 6.08 Å². The number of halogens is 1. The fraction of sp³-hybridized carbons (Fsp3) is 0.263. The van der Waals surface area contributed by atoms with Crippen molar-refractivity contribution in [1.82, 2.24) is 10.3 Å². The van der Waals surface area contributed by atoms with E-state index in [0.29, 0.717) is 10.9 Å². The molecule has 1 aromatic heterocycles. The summed E-state index contributed by atoms with van der Waals surface area (Å²) in [5.74, 6) is 1.03. The lowest BCUT2D eigenvalue weighted by Gasteiger charge is -2.31. The van der Waals surface area contributed by atoms with Gasteiger partial charge in [0, 0.05) is 16.7 Å². The number of methoxy groups -OCH3 is 1. The van der Waals surface area contributed by atoms with Crippen molar-refractivity contribution in [2.75, 3.05) is 7.11 Å². The monoisotopic (exact) mass is 358 g/mol. The molecular weight excluding hydrogens is 340 g/mol. The first-order valence-electron chi connectivity index (χ1n) is 8.00. The molecule has 1 aliphatic rings. The van der Waals surface area contributed by atoms with Gasteiger partial charge in [0.25, 0.3) is 0 Å². The fourth-order valence-electron chi connectivity index (χ4n) is 2.92. The van der Waals surface area contributed by atoms with Crippen LogP contribution in [0.25, 0.3) is 0 Å². The summed E-state index contributed by atoms with van der Waals surface area (Å²) < 4.78 is 11.4. The van der Waals surface area contributed by atoms with Gasteiger partial charge in [-0.3, -0.25) is 4.79 Å². The van der Waals surface area contributed by atoms with Gasteiger partial charge in [-0.2, -0.15) is 0 Å². The van der Waals surface area contributed by atoms with E-state index in [1.54, 1.807) is 25.3 Å². The lowest BCUT2D eigenvalue weighted by molar-refractivity contribution is -0.117. The normalized spacial score (nSPS) is 18.8. The number of benzene rings is 1. The van der Waals surface area contributed by atoms with Crippen molar-refractivity contribution in [3.63, 3.8) is 0 Å². The Hall–Kier alpha value is -2.53. The lowest BCUT2D eigenvalue weighted by Crippen LogP contribution is -2.32. The standard InChI is InChI=1S/C19H19ClN2O3/c1-3-17(23)21-15-9-10-16(25-13-6-4-12(20)5-7-13)19-14(15)8-11-18(22-19)24-2/h3-8,11,15-16H,1,9-10H2,2H3,(H,21,23). The number of rotatable bonds is 5. The Balaban J connectivity index is 1.90. The van der Waals surface area contributed by atoms with Crippen molar-refractivity contribution in [2.24, 2.45) is 0 Å². The predicted molar refractivity (Wildman–Crippen MR) is 95.9 cm³/mol. The van der Waals surface area contributed by atoms with Gasteiger partial charge in [0.2, 0.25) is 11.8 Å². The molecule has 1 aromatic carbocycles. The number of carbonyl (C=O) groups is 1. The van der Waals surface area contributed by atoms with Crippen LogP contribution in [0.3, 0.4) is 0 Å². The third-order valence-corrected chi connectivity index (χ3v) is 4.38. The minimum absolute atomic E-state index is 0.121. The van der Waals surface area contributed by atoms with Crippen LogP contribution in [0, 0.1) is 0 Å². The number of fused-ring (bicyclic) bond motifs is 1. The van der Waals surface area contributed by atoms with Crippen LogP contribution in [-0.2, 0) is 4.79 Å². The first-order valence-corrected chi connectivity index (χ1v) is 8.38. The molecule has 1 N–H and O–H groups in total. The maximum atomic E-state index is 11.7. The maximum absolute atomic E-state index is 11.7. The van der Waals surface area contributed by atoms with Gasteiger partial charge in [0.05, 0.1) is 18.8 Å². The molecule has 1 heterocycles. The number of pyridine rings is 1. The van der Waals surface area contributed by atoms with E-state index in [-0.39, 0.29) is 18.1 Å². The molecule has 2 unspecified atom stereocenters. The minimum atomic E-state index is -0.219. The molecule has 0 radical (unpaired) electrons. The molecule has 25 heavy (non-hydrogen) atoms. The second kappa shape index (κ2) is 7.57. The number of carbonyl (C=O) groups excluding carboxylic acids is 1. The second-order valence-electron chi connectivity index (χ2n) is 5.73. The van der Waals surface area contributed by atoms with E-state index in [0.717, 1.165) is 29.8 Å². The van der Waals surface area contributed by atoms with Crippen LogP contribution in [0.5, 0.6) is 11.6 Å². The van der Waals surface area contributed by atoms with E-state index in [1.807, 2.05) is 18.2 Å². The molecule has 1 amide bonds. The van der Waals surface area contributed by atoms with E-state index in [4.69, 9.17) is 21.1 Å². The number of nitrogens with one attached hydrogen (secondary N) is 1. The Labute approximate surface area is 151 Å². The SMILES string of the molecule is C=CC(=O)NC1CCC(Oc2ccc(Cl)cc2)c2nc(OC)ccc21. The molecule has 0 fully saturated rings. The third-order valence-electron chi connectivity index (χ3n) is 4.13. The molecule has 2 aromatic rings. The third kappa shape index (κ3) is 3.94. The molecular formula is C19H19ClN2O3. The van der Waals surface area contributed by atoms with Crippen molar-refractivity contribution in [1.29, 1.82) is 0 Å². The van der Waals surface area contributed by atoms with Gasteiger partial charge in [0.15, 0.2) is 0 Å². The van der Waals surface area contributed by atoms with E-state index in [2.05, 4.69) is 16.9 Å². The first kappa shape index (κ1) is 17.3. The molecule has 3 rings (SSSR count). The number of ether oxygens (including phenoxy) is 2. The zero-order valence-corrected chi connectivity index (χ0v) is 14.6. The summed E-state index contributed by atoms with van der Waals surface area (Å²) in [4.78, 5) is 16.3. The molecule has 6 heteroatoms. The van der Waals surface area contributed by atoms with Crippen LogP contribution < -0.4 is 14.8 Å². The van der Waals surface area contributed by atoms with Crippen LogP contribution in [-0.4, -0.2) is 18.0 Å². The Kier molecular flexibility index (Phi) is 5.24. The van der Waals surface area contributed by atoms with Crippen LogP contribution in [0.15, 0.2) is 49.1 Å². The zero-order valence-electron chi connectivity index (χ0n) is 13.9. The summed E-state index contributed by atoms with van der Waals surface area (Å²) in [6.07, 6.45) is 2.52. The molecule has 2 atom stereocenters. The number of aromatic nitrogens is 1. The number of hydrogen-bond donors (Lipinski definition) is 1. The van der Waals surface area contributed by atoms with Crippen molar-refractivity contribution in [2.45, 2.75) is 25.0 Å². The van der Waals surface area contributed by atoms with Crippen LogP contribution in [0.2, 0.25) is 5.02 Å². The maximum Gasteiger partial charge on any atom is 0.243 e. The molecule has 1 aliphatic carbocycles. The Morgan fingerprint density at radius 3 is 2.72 bits per heavy atom. The van der Waals surface area contributed by atoms with Gasteiger partial charge in [-0.25, -0.2) is 4.98 Å². The van der Waals surface area contributed by atoms with Crippen molar-refractivity contribution in [3.8, 4) is 11.6 Å². The topological polar surface area (TPSA) is 60.5 Å². The zero-order chi connectivity index (χ0) is 17.8. The van der Waals surface area contributed by atoms with Crippen LogP contribution in [0.4, 0.5) is 0 Å². The molecule has 130 valence electrons. The largest absolute Gasteiger partial charge is 0.484 e. The molecule has 0 saturated carbocycles. The Morgan fingerprint density at radius 1 is 1.28 bits per heavy atom. The highest BCUT2D eigenvalue weighted by molar-refractivity contribution is 6.30. The van der Waals surface area contributed by atoms with Crippen LogP contribution in [0.1, 0.15) is 36.2 Å². The molecule has 5 nitrogen and oxygen atoms in total. The van der Waals surface area contributed by atoms with Gasteiger partial charge < -0.3 is 14.8 Å². The van der Waals surface area contributed by atoms with E-state index in [9.17, 15) is 4.79 Å². The quantitative estimate of drug-likeness (QED) is 0.821. The lowest BCUT2D eigenvalue weighted by atomic mass is 9.89. The minimum Gasteiger partial charge on any atom is -0.484 e. The number of nitrogens with zero attached hydrogens (tertiary/aromatic N) is 1. The highest BCUT2D eigenvalue weighted by Crippen LogP contribution is 2.38. The molecule has 0 spiro atoms. The predicted octanol–water partition coefficient (Wildman–Crippen LogP) is 4.00. The first-order chi connectivity index (χ1) is 12.1. The average molecular weight is 359 g/mol. The van der Waals surface area contributed by atoms with E-state index >= 15 is 0 Å². The van der Waals surface area contributed by atoms with Gasteiger partial charge >= 0.3 is 0 Å². The highest BCUT2D eigenvalue weighted by atomic mass is 35.5. The fourth-order valence-corrected chi connectivity index (χ4v) is 3.04. The molecule has 0 saturated heterocycles. The number of amides is 1. The van der Waals surface area contributed by atoms with Gasteiger partial charge in [-0.15, -0.1) is 0 Å². The summed E-state index contributed by atoms with van der Waals surface area (Å²) in [5, 5.41) is 3.60. The average Bonchev–Trinajstić information content (AvgIpc) is 2.64. The summed E-state index contributed by atoms with van der Waals surface area (Å²) >= 11 is 5.92. The summed E-state index contributed by atoms with van der Waals surface area (Å²) in [6, 6.07) is 10.8. The summed E-state index contributed by atoms with van der Waals surface area (Å²) in [6.45, 7) is 3.50. The summed E-state index contributed by atoms with van der Waals surface area (Å²) in [5.41, 5.74) is 1.70. The molecule has 0 aliphatic heterocycles. The summed E-state index contributed by atoms with van der Waals surface area (Å²) in [7, 11) is 1.57. The highest BCUT2D eigenvalue weighted by Gasteiger charge is 2.31. The van der Waals surface area contributed by atoms with Crippen molar-refractivity contribution in [3.05, 3.63) is 65.3 Å². The Bertz CT molecular complexity index is 777. The number of hydrogen-bond acceptors (Lipinski definition) is 4. The molecule has 0 bridgehead atoms. The second-order valence-corrected chi connectivity index (χ2v) is 6.17.